The van der Waals surface area contributed by atoms with Crippen LogP contribution in [0.25, 0.3) is 88.4 Å². The number of anilines is 3. The molecule has 10 aromatic carbocycles. The van der Waals surface area contributed by atoms with Gasteiger partial charge >= 0.3 is 0 Å². The summed E-state index contributed by atoms with van der Waals surface area (Å²) < 4.78 is 5.79. The summed E-state index contributed by atoms with van der Waals surface area (Å²) in [7, 11) is 0. The summed E-state index contributed by atoms with van der Waals surface area (Å²) in [4.78, 5) is 2.33. The third-order valence-electron chi connectivity index (χ3n) is 12.5. The molecule has 0 fully saturated rings. The number of halogens is 1. The van der Waals surface area contributed by atoms with Crippen LogP contribution in [-0.2, 0) is 0 Å². The van der Waals surface area contributed by atoms with Gasteiger partial charge in [-0.3, -0.25) is 0 Å². The maximum Gasteiger partial charge on any atom is 0.0547 e. The topological polar surface area (TPSA) is 13.1 Å². The Hall–Kier alpha value is -7.92. The molecule has 0 spiro atoms. The maximum atomic E-state index is 3.96. The standard InChI is InChI=1S/C60H40BrN3/c61-47-36-46(37-52(40-47)62(48-17-5-1-6-18-48)49-19-7-2-8-20-49)45-34-43(41-30-32-59-56(38-41)54-26-14-16-28-58(54)63(59)50-21-9-3-10-22-50)33-44(35-45)42-29-31-55-53-25-13-15-27-57(53)64(60(55)39-42)51-23-11-4-12-24-51/h1-40H. The van der Waals surface area contributed by atoms with Crippen LogP contribution in [0.1, 0.15) is 0 Å². The SMILES string of the molecule is Brc1cc(-c2cc(-c3ccc4c(c3)c3ccccc3n4-c3ccccc3)cc(-c3ccc4c5ccccc5n(-c5ccccc5)c4c3)c2)cc(N(c2ccccc2)c2ccccc2)c1. The number of rotatable bonds is 8. The molecule has 3 nitrogen and oxygen atoms in total. The molecule has 0 aliphatic rings. The predicted molar refractivity (Wildman–Crippen MR) is 274 cm³/mol. The Morgan fingerprint density at radius 1 is 0.266 bits per heavy atom. The van der Waals surface area contributed by atoms with Gasteiger partial charge in [0.05, 0.1) is 22.1 Å². The fourth-order valence-electron chi connectivity index (χ4n) is 9.61. The van der Waals surface area contributed by atoms with Gasteiger partial charge in [-0.2, -0.15) is 0 Å². The molecular formula is C60H40BrN3. The van der Waals surface area contributed by atoms with Crippen LogP contribution in [0, 0.1) is 0 Å². The highest BCUT2D eigenvalue weighted by Crippen LogP contribution is 2.43. The van der Waals surface area contributed by atoms with Crippen molar-refractivity contribution in [2.24, 2.45) is 0 Å². The van der Waals surface area contributed by atoms with Crippen LogP contribution in [0.4, 0.5) is 17.1 Å². The third kappa shape index (κ3) is 6.59. The zero-order chi connectivity index (χ0) is 42.6. The van der Waals surface area contributed by atoms with Crippen molar-refractivity contribution in [2.75, 3.05) is 4.90 Å². The Bertz CT molecular complexity index is 3630. The van der Waals surface area contributed by atoms with Crippen molar-refractivity contribution >= 4 is 76.6 Å². The average Bonchev–Trinajstić information content (AvgIpc) is 3.87. The highest BCUT2D eigenvalue weighted by Gasteiger charge is 2.19. The number of benzene rings is 10. The Balaban J connectivity index is 1.09. The van der Waals surface area contributed by atoms with Crippen LogP contribution in [0.5, 0.6) is 0 Å². The van der Waals surface area contributed by atoms with E-state index >= 15 is 0 Å². The Morgan fingerprint density at radius 3 is 1.28 bits per heavy atom. The van der Waals surface area contributed by atoms with E-state index in [1.54, 1.807) is 0 Å². The van der Waals surface area contributed by atoms with E-state index in [4.69, 9.17) is 0 Å². The molecule has 0 aliphatic carbocycles. The van der Waals surface area contributed by atoms with Crippen molar-refractivity contribution in [3.8, 4) is 44.8 Å². The molecule has 0 amide bonds. The number of fused-ring (bicyclic) bond motifs is 6. The molecule has 0 unspecified atom stereocenters. The van der Waals surface area contributed by atoms with Gasteiger partial charge in [0.25, 0.3) is 0 Å². The zero-order valence-corrected chi connectivity index (χ0v) is 36.4. The van der Waals surface area contributed by atoms with Gasteiger partial charge in [-0.05, 0) is 149 Å². The first kappa shape index (κ1) is 37.8. The number of aromatic nitrogens is 2. The first-order chi connectivity index (χ1) is 31.6. The molecule has 2 aromatic heterocycles. The summed E-state index contributed by atoms with van der Waals surface area (Å²) in [5.41, 5.74) is 17.2. The Morgan fingerprint density at radius 2 is 0.688 bits per heavy atom. The zero-order valence-electron chi connectivity index (χ0n) is 34.8. The summed E-state index contributed by atoms with van der Waals surface area (Å²) in [6.07, 6.45) is 0. The van der Waals surface area contributed by atoms with E-state index in [1.165, 1.54) is 43.6 Å². The fraction of sp³-hybridized carbons (Fsp3) is 0. The van der Waals surface area contributed by atoms with Crippen LogP contribution in [0.15, 0.2) is 247 Å². The minimum absolute atomic E-state index is 1.01. The van der Waals surface area contributed by atoms with Crippen LogP contribution in [-0.4, -0.2) is 9.13 Å². The van der Waals surface area contributed by atoms with Gasteiger partial charge in [0.15, 0.2) is 0 Å². The quantitative estimate of drug-likeness (QED) is 0.148. The fourth-order valence-corrected chi connectivity index (χ4v) is 10.1. The molecule has 0 atom stereocenters. The van der Waals surface area contributed by atoms with Crippen LogP contribution in [0.2, 0.25) is 0 Å². The third-order valence-corrected chi connectivity index (χ3v) is 12.9. The van der Waals surface area contributed by atoms with Crippen LogP contribution < -0.4 is 4.90 Å². The minimum atomic E-state index is 1.01. The minimum Gasteiger partial charge on any atom is -0.310 e. The molecule has 2 heterocycles. The highest BCUT2D eigenvalue weighted by molar-refractivity contribution is 9.10. The maximum absolute atomic E-state index is 3.96. The Kier molecular flexibility index (Phi) is 9.31. The van der Waals surface area contributed by atoms with E-state index in [9.17, 15) is 0 Å². The van der Waals surface area contributed by atoms with Crippen molar-refractivity contribution in [2.45, 2.75) is 0 Å². The lowest BCUT2D eigenvalue weighted by Crippen LogP contribution is -2.09. The molecule has 0 radical (unpaired) electrons. The Labute approximate surface area is 380 Å². The lowest BCUT2D eigenvalue weighted by atomic mass is 9.92. The van der Waals surface area contributed by atoms with Gasteiger partial charge in [0.2, 0.25) is 0 Å². The molecule has 0 saturated heterocycles. The van der Waals surface area contributed by atoms with Crippen LogP contribution in [0.3, 0.4) is 0 Å². The van der Waals surface area contributed by atoms with E-state index in [-0.39, 0.29) is 0 Å². The van der Waals surface area contributed by atoms with Gasteiger partial charge in [0, 0.05) is 54.5 Å². The van der Waals surface area contributed by atoms with Crippen molar-refractivity contribution in [1.29, 1.82) is 0 Å². The molecule has 0 N–H and O–H groups in total. The lowest BCUT2D eigenvalue weighted by Gasteiger charge is -2.26. The second kappa shape index (κ2) is 15.8. The normalized spacial score (nSPS) is 11.5. The lowest BCUT2D eigenvalue weighted by molar-refractivity contribution is 1.18. The molecule has 64 heavy (non-hydrogen) atoms. The van der Waals surface area contributed by atoms with Gasteiger partial charge < -0.3 is 14.0 Å². The van der Waals surface area contributed by atoms with Crippen molar-refractivity contribution in [3.63, 3.8) is 0 Å². The van der Waals surface area contributed by atoms with E-state index in [2.05, 4.69) is 273 Å². The second-order valence-corrected chi connectivity index (χ2v) is 17.3. The summed E-state index contributed by atoms with van der Waals surface area (Å²) in [5.74, 6) is 0. The molecule has 12 rings (SSSR count). The van der Waals surface area contributed by atoms with Crippen LogP contribution >= 0.6 is 15.9 Å². The van der Waals surface area contributed by atoms with E-state index in [1.807, 2.05) is 0 Å². The molecular weight excluding hydrogens is 843 g/mol. The predicted octanol–water partition coefficient (Wildman–Crippen LogP) is 17.1. The van der Waals surface area contributed by atoms with E-state index < -0.39 is 0 Å². The van der Waals surface area contributed by atoms with Crippen molar-refractivity contribution < 1.29 is 0 Å². The first-order valence-corrected chi connectivity index (χ1v) is 22.5. The van der Waals surface area contributed by atoms with E-state index in [0.717, 1.165) is 66.3 Å². The second-order valence-electron chi connectivity index (χ2n) is 16.3. The number of hydrogen-bond donors (Lipinski definition) is 0. The number of para-hydroxylation sites is 6. The molecule has 12 aromatic rings. The summed E-state index contributed by atoms with van der Waals surface area (Å²) in [6, 6.07) is 87.9. The molecule has 302 valence electrons. The van der Waals surface area contributed by atoms with Gasteiger partial charge in [-0.1, -0.05) is 143 Å². The summed E-state index contributed by atoms with van der Waals surface area (Å²) in [6.45, 7) is 0. The summed E-state index contributed by atoms with van der Waals surface area (Å²) in [5, 5.41) is 4.94. The molecule has 0 saturated carbocycles. The monoisotopic (exact) mass is 881 g/mol. The van der Waals surface area contributed by atoms with Crippen molar-refractivity contribution in [1.82, 2.24) is 9.13 Å². The number of hydrogen-bond acceptors (Lipinski definition) is 1. The number of nitrogens with zero attached hydrogens (tertiary/aromatic N) is 3. The highest BCUT2D eigenvalue weighted by atomic mass is 79.9. The average molecular weight is 883 g/mol. The summed E-state index contributed by atoms with van der Waals surface area (Å²) >= 11 is 3.96. The van der Waals surface area contributed by atoms with Gasteiger partial charge in [-0.15, -0.1) is 0 Å². The first-order valence-electron chi connectivity index (χ1n) is 21.7. The van der Waals surface area contributed by atoms with E-state index in [0.29, 0.717) is 0 Å². The van der Waals surface area contributed by atoms with Crippen molar-refractivity contribution in [3.05, 3.63) is 247 Å². The molecule has 4 heteroatoms. The van der Waals surface area contributed by atoms with Gasteiger partial charge in [-0.25, -0.2) is 0 Å². The molecule has 0 bridgehead atoms. The smallest absolute Gasteiger partial charge is 0.0547 e. The largest absolute Gasteiger partial charge is 0.310 e. The molecule has 0 aliphatic heterocycles. The van der Waals surface area contributed by atoms with Gasteiger partial charge in [0.1, 0.15) is 0 Å².